The van der Waals surface area contributed by atoms with Crippen LogP contribution >= 0.6 is 11.8 Å². The number of nitrogens with zero attached hydrogens (tertiary/aromatic N) is 2. The minimum absolute atomic E-state index is 0.0434. The Labute approximate surface area is 436 Å². The number of ketones is 2. The molecule has 392 valence electrons. The van der Waals surface area contributed by atoms with Crippen LogP contribution in [0, 0.1) is 42.4 Å². The van der Waals surface area contributed by atoms with Crippen LogP contribution < -0.4 is 19.9 Å². The van der Waals surface area contributed by atoms with Crippen molar-refractivity contribution in [1.29, 1.82) is 0 Å². The first-order valence-electron chi connectivity index (χ1n) is 26.6. The van der Waals surface area contributed by atoms with Gasteiger partial charge in [-0.2, -0.15) is 4.57 Å². The Balaban J connectivity index is 0.850. The first-order valence-corrected chi connectivity index (χ1v) is 29.3. The molecule has 73 heavy (non-hydrogen) atoms. The van der Waals surface area contributed by atoms with E-state index in [0.29, 0.717) is 114 Å². The van der Waals surface area contributed by atoms with Crippen LogP contribution in [0.2, 0.25) is 0 Å². The van der Waals surface area contributed by atoms with Crippen LogP contribution in [0.5, 0.6) is 5.75 Å². The number of pyridine rings is 1. The van der Waals surface area contributed by atoms with Crippen molar-refractivity contribution in [2.45, 2.75) is 123 Å². The van der Waals surface area contributed by atoms with Crippen LogP contribution in [0.1, 0.15) is 130 Å². The number of rotatable bonds is 21. The Kier molecular flexibility index (Phi) is 16.7. The summed E-state index contributed by atoms with van der Waals surface area (Å²) in [5.41, 5.74) is 5.01. The molecule has 1 aromatic heterocycles. The van der Waals surface area contributed by atoms with Crippen molar-refractivity contribution in [1.82, 2.24) is 10.6 Å². The van der Waals surface area contributed by atoms with Crippen LogP contribution in [-0.2, 0) is 31.0 Å². The number of nitrogens with one attached hydrogen (secondary N) is 2. The third-order valence-electron chi connectivity index (χ3n) is 17.3. The lowest BCUT2D eigenvalue weighted by molar-refractivity contribution is -0.909. The number of quaternary nitrogens is 1. The first kappa shape index (κ1) is 54.3. The van der Waals surface area contributed by atoms with E-state index >= 15 is 0 Å². The summed E-state index contributed by atoms with van der Waals surface area (Å²) in [6.45, 7) is 13.6. The van der Waals surface area contributed by atoms with Crippen molar-refractivity contribution in [2.75, 3.05) is 51.3 Å². The Hall–Kier alpha value is -4.96. The molecular formula is C58H75N4O9S2+. The maximum absolute atomic E-state index is 14.2. The van der Waals surface area contributed by atoms with Gasteiger partial charge < -0.3 is 24.4 Å². The maximum Gasteiger partial charge on any atom is 0.345 e. The molecule has 15 heteroatoms. The summed E-state index contributed by atoms with van der Waals surface area (Å²) in [4.78, 5) is 67.1. The lowest BCUT2D eigenvalue weighted by Crippen LogP contribution is -2.55. The number of thioether (sulfide) groups is 1. The SMILES string of the molecule is CCCC[n+]1c2ccccc2c(C(=O)Oc2c(C)cc(C(=O)NCCC[N+](C)(CCCNC(=O)CS[C@@H]3CC4=CC(=O)CC[C@]4(C)C4CC[C@]5(C)C(=O)CCC5C43)CCCS(=O)(=O)[O-])cc2C)c2ccccc21. The topological polar surface area (TPSA) is 180 Å². The fourth-order valence-corrected chi connectivity index (χ4v) is 15.2. The molecule has 0 aliphatic heterocycles. The Morgan fingerprint density at radius 1 is 0.836 bits per heavy atom. The molecule has 0 spiro atoms. The summed E-state index contributed by atoms with van der Waals surface area (Å²) in [6.07, 6.45) is 10.9. The van der Waals surface area contributed by atoms with Gasteiger partial charge in [-0.1, -0.05) is 57.0 Å². The number of carbonyl (C=O) groups is 5. The minimum atomic E-state index is -4.39. The van der Waals surface area contributed by atoms with E-state index in [4.69, 9.17) is 4.74 Å². The number of fused-ring (bicyclic) bond motifs is 7. The van der Waals surface area contributed by atoms with Crippen LogP contribution in [0.25, 0.3) is 21.8 Å². The fourth-order valence-electron chi connectivity index (χ4n) is 13.4. The molecule has 7 atom stereocenters. The molecule has 0 saturated heterocycles. The van der Waals surface area contributed by atoms with Crippen molar-refractivity contribution >= 4 is 73.0 Å². The van der Waals surface area contributed by atoms with Crippen molar-refractivity contribution < 1.29 is 50.7 Å². The summed E-state index contributed by atoms with van der Waals surface area (Å²) in [7, 11) is -2.38. The van der Waals surface area contributed by atoms with E-state index < -0.39 is 21.8 Å². The van der Waals surface area contributed by atoms with E-state index in [2.05, 4.69) is 36.0 Å². The van der Waals surface area contributed by atoms with Crippen LogP contribution in [-0.4, -0.2) is 103 Å². The van der Waals surface area contributed by atoms with Gasteiger partial charge in [0.15, 0.2) is 5.78 Å². The summed E-state index contributed by atoms with van der Waals surface area (Å²) in [5.74, 6) is 0.972. The number of aromatic nitrogens is 1. The van der Waals surface area contributed by atoms with E-state index in [-0.39, 0.29) is 45.9 Å². The Bertz CT molecular complexity index is 2860. The number of unbranched alkanes of at least 4 members (excludes halogenated alkanes) is 1. The van der Waals surface area contributed by atoms with Gasteiger partial charge in [-0.05, 0) is 111 Å². The highest BCUT2D eigenvalue weighted by Crippen LogP contribution is 2.66. The molecule has 0 bridgehead atoms. The average molecular weight is 1040 g/mol. The number of aryl methyl sites for hydroxylation is 3. The molecule has 2 N–H and O–H groups in total. The smallest absolute Gasteiger partial charge is 0.345 e. The molecule has 8 rings (SSSR count). The monoisotopic (exact) mass is 1040 g/mol. The standard InChI is InChI=1S/C58H74N4O9S2/c1-7-8-28-61-47-18-11-9-16-43(47)52(44-17-10-12-19-48(44)61)56(67)71-54-38(2)33-40(34-39(54)3)55(66)60-27-14-30-62(6,31-15-32-73(68,69)70)29-13-26-59-51(65)37-72-49-36-41-35-42(63)22-24-57(41,4)46-23-25-58(5)45(53(46)49)20-21-50(58)64/h9-12,16-19,33-35,45-46,49,53H,7-8,13-15,20-32,36-37H2,1-6H3,(H-2,59,60,65,66,68,69,70)/p+1/t45?,46?,49-,53?,57+,58+,62?/m1/s1. The van der Waals surface area contributed by atoms with Crippen molar-refractivity contribution in [2.24, 2.45) is 28.6 Å². The molecular weight excluding hydrogens is 961 g/mol. The van der Waals surface area contributed by atoms with E-state index in [1.54, 1.807) is 23.9 Å². The predicted octanol–water partition coefficient (Wildman–Crippen LogP) is 8.74. The van der Waals surface area contributed by atoms with Gasteiger partial charge in [0.05, 0.1) is 58.9 Å². The number of hydrogen-bond acceptors (Lipinski definition) is 10. The van der Waals surface area contributed by atoms with Gasteiger partial charge in [0, 0.05) is 85.7 Å². The van der Waals surface area contributed by atoms with Gasteiger partial charge in [-0.15, -0.1) is 11.8 Å². The minimum Gasteiger partial charge on any atom is -0.748 e. The van der Waals surface area contributed by atoms with Gasteiger partial charge >= 0.3 is 5.97 Å². The highest BCUT2D eigenvalue weighted by molar-refractivity contribution is 8.00. The molecule has 13 nitrogen and oxygen atoms in total. The number of benzene rings is 3. The third kappa shape index (κ3) is 11.8. The van der Waals surface area contributed by atoms with Crippen molar-refractivity contribution in [3.63, 3.8) is 0 Å². The lowest BCUT2D eigenvalue weighted by atomic mass is 9.47. The van der Waals surface area contributed by atoms with E-state index in [1.807, 2.05) is 75.5 Å². The molecule has 4 unspecified atom stereocenters. The second-order valence-electron chi connectivity index (χ2n) is 22.3. The van der Waals surface area contributed by atoms with Crippen molar-refractivity contribution in [3.05, 3.63) is 94.6 Å². The predicted molar refractivity (Wildman–Crippen MR) is 285 cm³/mol. The highest BCUT2D eigenvalue weighted by atomic mass is 32.2. The second-order valence-corrected chi connectivity index (χ2v) is 25.0. The molecule has 4 aliphatic carbocycles. The van der Waals surface area contributed by atoms with Crippen LogP contribution in [0.4, 0.5) is 0 Å². The molecule has 1 heterocycles. The Morgan fingerprint density at radius 3 is 2.10 bits per heavy atom. The summed E-state index contributed by atoms with van der Waals surface area (Å²) >= 11 is 1.67. The second kappa shape index (κ2) is 22.5. The summed E-state index contributed by atoms with van der Waals surface area (Å²) in [5, 5.41) is 7.91. The highest BCUT2D eigenvalue weighted by Gasteiger charge is 2.61. The zero-order chi connectivity index (χ0) is 52.3. The number of para-hydroxylation sites is 2. The van der Waals surface area contributed by atoms with Crippen LogP contribution in [0.3, 0.4) is 0 Å². The fraction of sp³-hybridized carbons (Fsp3) is 0.552. The zero-order valence-electron chi connectivity index (χ0n) is 43.7. The largest absolute Gasteiger partial charge is 0.748 e. The van der Waals surface area contributed by atoms with E-state index in [1.165, 1.54) is 5.57 Å². The van der Waals surface area contributed by atoms with Gasteiger partial charge in [0.1, 0.15) is 18.1 Å². The molecule has 4 aliphatic rings. The number of esters is 1. The molecule has 3 aromatic carbocycles. The number of hydrogen-bond donors (Lipinski definition) is 2. The molecule has 0 radical (unpaired) electrons. The zero-order valence-corrected chi connectivity index (χ0v) is 45.3. The van der Waals surface area contributed by atoms with Crippen molar-refractivity contribution in [3.8, 4) is 5.75 Å². The molecule has 3 saturated carbocycles. The van der Waals surface area contributed by atoms with E-state index in [0.717, 1.165) is 73.3 Å². The van der Waals surface area contributed by atoms with Gasteiger partial charge in [0.25, 0.3) is 5.91 Å². The number of allylic oxidation sites excluding steroid dienone is 1. The number of Topliss-reactive ketones (excluding diaryl/α,β-unsaturated/α-hetero) is 1. The summed E-state index contributed by atoms with van der Waals surface area (Å²) in [6, 6.07) is 19.3. The lowest BCUT2D eigenvalue weighted by Gasteiger charge is -2.59. The third-order valence-corrected chi connectivity index (χ3v) is 19.5. The maximum atomic E-state index is 14.2. The summed E-state index contributed by atoms with van der Waals surface area (Å²) < 4.78 is 43.6. The van der Waals surface area contributed by atoms with Gasteiger partial charge in [0.2, 0.25) is 16.9 Å². The number of carbonyl (C=O) groups excluding carboxylic acids is 5. The molecule has 3 fully saturated rings. The molecule has 4 aromatic rings. The average Bonchev–Trinajstić information content (AvgIpc) is 3.66. The van der Waals surface area contributed by atoms with Gasteiger partial charge in [-0.25, -0.2) is 13.2 Å². The van der Waals surface area contributed by atoms with E-state index in [9.17, 15) is 36.9 Å². The normalized spacial score (nSPS) is 24.6. The van der Waals surface area contributed by atoms with Gasteiger partial charge in [-0.3, -0.25) is 19.2 Å². The number of amides is 2. The first-order chi connectivity index (χ1) is 34.7. The number of ether oxygens (including phenoxy) is 1. The Morgan fingerprint density at radius 2 is 1.45 bits per heavy atom. The van der Waals surface area contributed by atoms with Crippen LogP contribution in [0.15, 0.2) is 72.3 Å². The quantitative estimate of drug-likeness (QED) is 0.0156. The molecule has 2 amide bonds.